The van der Waals surface area contributed by atoms with E-state index >= 15 is 0 Å². The largest absolute Gasteiger partial charge is 0.464 e. The topological polar surface area (TPSA) is 41.8 Å². The summed E-state index contributed by atoms with van der Waals surface area (Å²) in [6.45, 7) is 0. The molecule has 0 amide bonds. The Morgan fingerprint density at radius 1 is 1.14 bits per heavy atom. The summed E-state index contributed by atoms with van der Waals surface area (Å²) in [6.07, 6.45) is 7.54. The fourth-order valence-electron chi connectivity index (χ4n) is 2.99. The first-order valence-electron chi connectivity index (χ1n) is 7.09. The molecule has 2 aliphatic heterocycles. The minimum Gasteiger partial charge on any atom is -0.464 e. The second-order valence-corrected chi connectivity index (χ2v) is 5.31. The van der Waals surface area contributed by atoms with Crippen LogP contribution in [0, 0.1) is 0 Å². The van der Waals surface area contributed by atoms with Gasteiger partial charge in [-0.05, 0) is 29.3 Å². The number of aliphatic imine (C=N–C) groups is 1. The first kappa shape index (κ1) is 12.4. The lowest BCUT2D eigenvalue weighted by Crippen LogP contribution is -2.20. The lowest BCUT2D eigenvalue weighted by molar-refractivity contribution is 0.192. The summed E-state index contributed by atoms with van der Waals surface area (Å²) in [5.41, 5.74) is 1.66. The van der Waals surface area contributed by atoms with Crippen molar-refractivity contribution in [3.05, 3.63) is 65.9 Å². The Kier molecular flexibility index (Phi) is 2.86. The quantitative estimate of drug-likeness (QED) is 0.866. The van der Waals surface area contributed by atoms with Crippen molar-refractivity contribution in [2.45, 2.75) is 18.6 Å². The Bertz CT molecular complexity index is 789. The van der Waals surface area contributed by atoms with E-state index in [9.17, 15) is 5.11 Å². The molecule has 104 valence electrons. The van der Waals surface area contributed by atoms with Crippen LogP contribution in [-0.2, 0) is 0 Å². The maximum absolute atomic E-state index is 10.8. The van der Waals surface area contributed by atoms with Crippen LogP contribution in [-0.4, -0.2) is 17.4 Å². The molecule has 21 heavy (non-hydrogen) atoms. The lowest BCUT2D eigenvalue weighted by Gasteiger charge is -2.28. The van der Waals surface area contributed by atoms with Gasteiger partial charge in [0, 0.05) is 17.4 Å². The fourth-order valence-corrected chi connectivity index (χ4v) is 2.99. The van der Waals surface area contributed by atoms with Crippen molar-refractivity contribution in [2.75, 3.05) is 0 Å². The number of hydrogen-bond acceptors (Lipinski definition) is 3. The van der Waals surface area contributed by atoms with E-state index < -0.39 is 6.10 Å². The van der Waals surface area contributed by atoms with Crippen molar-refractivity contribution < 1.29 is 9.84 Å². The molecule has 2 unspecified atom stereocenters. The van der Waals surface area contributed by atoms with E-state index in [0.29, 0.717) is 0 Å². The molecular formula is C18H15NO2. The first-order valence-corrected chi connectivity index (χ1v) is 7.09. The number of rotatable bonds is 1. The molecular weight excluding hydrogens is 262 g/mol. The maximum Gasteiger partial charge on any atom is 0.133 e. The van der Waals surface area contributed by atoms with E-state index in [4.69, 9.17) is 4.74 Å². The highest BCUT2D eigenvalue weighted by molar-refractivity contribution is 5.89. The number of benzene rings is 2. The molecule has 2 aromatic rings. The van der Waals surface area contributed by atoms with Crippen molar-refractivity contribution in [1.82, 2.24) is 0 Å². The third kappa shape index (κ3) is 1.98. The van der Waals surface area contributed by atoms with Gasteiger partial charge in [0.25, 0.3) is 0 Å². The summed E-state index contributed by atoms with van der Waals surface area (Å²) in [5, 5.41) is 13.0. The van der Waals surface area contributed by atoms with Crippen LogP contribution in [0.25, 0.3) is 10.8 Å². The fraction of sp³-hybridized carbons (Fsp3) is 0.167. The number of fused-ring (bicyclic) bond motifs is 3. The summed E-state index contributed by atoms with van der Waals surface area (Å²) >= 11 is 0. The summed E-state index contributed by atoms with van der Waals surface area (Å²) in [5.74, 6) is 0.722. The Balaban J connectivity index is 1.82. The molecule has 3 nitrogen and oxygen atoms in total. The zero-order chi connectivity index (χ0) is 14.2. The van der Waals surface area contributed by atoms with Crippen molar-refractivity contribution in [3.8, 4) is 5.75 Å². The van der Waals surface area contributed by atoms with Gasteiger partial charge >= 0.3 is 0 Å². The highest BCUT2D eigenvalue weighted by Crippen LogP contribution is 2.41. The number of nitrogens with zero attached hydrogens (tertiary/aromatic N) is 1. The van der Waals surface area contributed by atoms with E-state index in [1.54, 1.807) is 12.5 Å². The van der Waals surface area contributed by atoms with Crippen molar-refractivity contribution in [1.29, 1.82) is 0 Å². The molecule has 2 aliphatic rings. The Labute approximate surface area is 122 Å². The average molecular weight is 277 g/mol. The SMILES string of the molecule is OC1C(C2CC=CC=N2)=COc2ccc3ccccc3c21. The summed E-state index contributed by atoms with van der Waals surface area (Å²) in [4.78, 5) is 4.44. The third-order valence-corrected chi connectivity index (χ3v) is 4.07. The van der Waals surface area contributed by atoms with Crippen molar-refractivity contribution >= 4 is 17.0 Å². The highest BCUT2D eigenvalue weighted by atomic mass is 16.5. The lowest BCUT2D eigenvalue weighted by atomic mass is 9.89. The molecule has 0 aliphatic carbocycles. The number of aliphatic hydroxyl groups is 1. The molecule has 2 aromatic carbocycles. The zero-order valence-electron chi connectivity index (χ0n) is 11.4. The molecule has 2 heterocycles. The molecule has 0 aromatic heterocycles. The van der Waals surface area contributed by atoms with Gasteiger partial charge in [-0.2, -0.15) is 0 Å². The minimum absolute atomic E-state index is 0.0443. The van der Waals surface area contributed by atoms with E-state index in [1.807, 2.05) is 42.5 Å². The van der Waals surface area contributed by atoms with Gasteiger partial charge in [0.1, 0.15) is 11.9 Å². The molecule has 0 bridgehead atoms. The van der Waals surface area contributed by atoms with Gasteiger partial charge in [0.2, 0.25) is 0 Å². The Hall–Kier alpha value is -2.39. The second-order valence-electron chi connectivity index (χ2n) is 5.31. The van der Waals surface area contributed by atoms with Crippen LogP contribution in [0.3, 0.4) is 0 Å². The number of aliphatic hydroxyl groups excluding tert-OH is 1. The molecule has 0 saturated carbocycles. The molecule has 4 rings (SSSR count). The normalized spacial score (nSPS) is 23.6. The van der Waals surface area contributed by atoms with Crippen molar-refractivity contribution in [2.24, 2.45) is 4.99 Å². The first-order chi connectivity index (χ1) is 10.3. The predicted molar refractivity (Wildman–Crippen MR) is 83.7 cm³/mol. The van der Waals surface area contributed by atoms with Crippen LogP contribution in [0.1, 0.15) is 18.1 Å². The van der Waals surface area contributed by atoms with Gasteiger partial charge in [-0.1, -0.05) is 36.4 Å². The van der Waals surface area contributed by atoms with E-state index in [2.05, 4.69) is 11.1 Å². The van der Waals surface area contributed by atoms with Gasteiger partial charge in [-0.25, -0.2) is 0 Å². The van der Waals surface area contributed by atoms with Gasteiger partial charge in [0.05, 0.1) is 12.3 Å². The molecule has 0 fully saturated rings. The summed E-state index contributed by atoms with van der Waals surface area (Å²) in [7, 11) is 0. The van der Waals surface area contributed by atoms with Crippen LogP contribution in [0.15, 0.2) is 65.4 Å². The van der Waals surface area contributed by atoms with E-state index in [1.165, 1.54) is 0 Å². The summed E-state index contributed by atoms with van der Waals surface area (Å²) in [6, 6.07) is 11.9. The van der Waals surface area contributed by atoms with Crippen LogP contribution in [0.2, 0.25) is 0 Å². The van der Waals surface area contributed by atoms with Gasteiger partial charge in [-0.3, -0.25) is 4.99 Å². The van der Waals surface area contributed by atoms with Crippen LogP contribution >= 0.6 is 0 Å². The minimum atomic E-state index is -0.673. The van der Waals surface area contributed by atoms with E-state index in [0.717, 1.165) is 34.1 Å². The number of ether oxygens (including phenoxy) is 1. The smallest absolute Gasteiger partial charge is 0.133 e. The molecule has 2 atom stereocenters. The molecule has 3 heteroatoms. The molecule has 0 radical (unpaired) electrons. The molecule has 0 saturated heterocycles. The van der Waals surface area contributed by atoms with Crippen LogP contribution in [0.4, 0.5) is 0 Å². The van der Waals surface area contributed by atoms with Crippen LogP contribution in [0.5, 0.6) is 5.75 Å². The number of allylic oxidation sites excluding steroid dienone is 1. The molecule has 1 N–H and O–H groups in total. The third-order valence-electron chi connectivity index (χ3n) is 4.07. The maximum atomic E-state index is 10.8. The van der Waals surface area contributed by atoms with Gasteiger partial charge in [-0.15, -0.1) is 0 Å². The van der Waals surface area contributed by atoms with Crippen molar-refractivity contribution in [3.63, 3.8) is 0 Å². The number of hydrogen-bond donors (Lipinski definition) is 1. The molecule has 0 spiro atoms. The zero-order valence-corrected chi connectivity index (χ0v) is 11.4. The standard InChI is InChI=1S/C18H15NO2/c20-18-14(15-7-3-4-10-19-15)11-21-16-9-8-12-5-1-2-6-13(12)17(16)18/h1-6,8-11,15,18,20H,7H2. The Morgan fingerprint density at radius 3 is 2.90 bits per heavy atom. The number of dihydropyridines is 1. The average Bonchev–Trinajstić information content (AvgIpc) is 2.55. The van der Waals surface area contributed by atoms with E-state index in [-0.39, 0.29) is 6.04 Å². The van der Waals surface area contributed by atoms with Gasteiger partial charge < -0.3 is 9.84 Å². The highest BCUT2D eigenvalue weighted by Gasteiger charge is 2.29. The Morgan fingerprint density at radius 2 is 2.05 bits per heavy atom. The predicted octanol–water partition coefficient (Wildman–Crippen LogP) is 3.55. The monoisotopic (exact) mass is 277 g/mol. The second kappa shape index (κ2) is 4.86. The van der Waals surface area contributed by atoms with Gasteiger partial charge in [0.15, 0.2) is 0 Å². The van der Waals surface area contributed by atoms with Crippen LogP contribution < -0.4 is 4.74 Å². The summed E-state index contributed by atoms with van der Waals surface area (Å²) < 4.78 is 5.75.